The molecule has 0 saturated carbocycles. The minimum Gasteiger partial charge on any atom is -0.288 e. The maximum atomic E-state index is 4.40. The van der Waals surface area contributed by atoms with Gasteiger partial charge in [-0.05, 0) is 57.2 Å². The molecule has 2 nitrogen and oxygen atoms in total. The smallest absolute Gasteiger partial charge is 0.0628 e. The van der Waals surface area contributed by atoms with Crippen molar-refractivity contribution in [3.8, 4) is 0 Å². The summed E-state index contributed by atoms with van der Waals surface area (Å²) in [6, 6.07) is 0.440. The highest BCUT2D eigenvalue weighted by Crippen LogP contribution is 2.30. The lowest BCUT2D eigenvalue weighted by Crippen LogP contribution is -2.54. The second kappa shape index (κ2) is 7.24. The zero-order valence-electron chi connectivity index (χ0n) is 13.4. The predicted molar refractivity (Wildman–Crippen MR) is 87.7 cm³/mol. The zero-order valence-corrected chi connectivity index (χ0v) is 13.4. The first-order valence-corrected chi connectivity index (χ1v) is 8.20. The molecule has 2 heteroatoms. The van der Waals surface area contributed by atoms with Gasteiger partial charge in [-0.1, -0.05) is 31.7 Å². The number of fused-ring (bicyclic) bond motifs is 1. The van der Waals surface area contributed by atoms with Gasteiger partial charge >= 0.3 is 0 Å². The first kappa shape index (κ1) is 15.5. The summed E-state index contributed by atoms with van der Waals surface area (Å²) in [5.74, 6) is 0. The van der Waals surface area contributed by atoms with Gasteiger partial charge in [-0.25, -0.2) is 0 Å². The molecule has 0 aromatic carbocycles. The molecule has 0 bridgehead atoms. The summed E-state index contributed by atoms with van der Waals surface area (Å²) in [6.45, 7) is 14.8. The predicted octanol–water partition coefficient (Wildman–Crippen LogP) is 3.97. The molecule has 2 saturated heterocycles. The Morgan fingerprint density at radius 1 is 1.30 bits per heavy atom. The molecule has 2 unspecified atom stereocenters. The number of hydrogen-bond donors (Lipinski definition) is 0. The molecule has 2 atom stereocenters. The van der Waals surface area contributed by atoms with Crippen LogP contribution in [0.2, 0.25) is 0 Å². The van der Waals surface area contributed by atoms with Crippen molar-refractivity contribution in [2.45, 2.75) is 58.7 Å². The summed E-state index contributed by atoms with van der Waals surface area (Å²) in [7, 11) is 0. The fraction of sp³-hybridized carbons (Fsp3) is 0.667. The van der Waals surface area contributed by atoms with E-state index in [9.17, 15) is 0 Å². The van der Waals surface area contributed by atoms with Crippen molar-refractivity contribution in [3.63, 3.8) is 0 Å². The van der Waals surface area contributed by atoms with E-state index in [4.69, 9.17) is 0 Å². The topological polar surface area (TPSA) is 6.48 Å². The second-order valence-electron chi connectivity index (χ2n) is 6.02. The van der Waals surface area contributed by atoms with Crippen LogP contribution in [0.4, 0.5) is 0 Å². The molecule has 2 fully saturated rings. The van der Waals surface area contributed by atoms with Gasteiger partial charge < -0.3 is 0 Å². The Morgan fingerprint density at radius 2 is 2.05 bits per heavy atom. The Morgan fingerprint density at radius 3 is 2.75 bits per heavy atom. The molecule has 20 heavy (non-hydrogen) atoms. The van der Waals surface area contributed by atoms with Crippen molar-refractivity contribution in [1.82, 2.24) is 9.80 Å². The summed E-state index contributed by atoms with van der Waals surface area (Å²) < 4.78 is 0. The lowest BCUT2D eigenvalue weighted by molar-refractivity contribution is 0.0179. The SMILES string of the molecule is C=C(C(/C=C\C)=C/CC)C(C)N1CCCN2CCCC21. The summed E-state index contributed by atoms with van der Waals surface area (Å²) >= 11 is 0. The number of nitrogens with zero attached hydrogens (tertiary/aromatic N) is 2. The van der Waals surface area contributed by atoms with Gasteiger partial charge in [0.25, 0.3) is 0 Å². The Kier molecular flexibility index (Phi) is 5.62. The third-order valence-electron chi connectivity index (χ3n) is 4.72. The first-order valence-electron chi connectivity index (χ1n) is 8.20. The molecular formula is C18H30N2. The molecule has 2 aliphatic rings. The van der Waals surface area contributed by atoms with Crippen LogP contribution in [0.15, 0.2) is 36.0 Å². The van der Waals surface area contributed by atoms with Crippen molar-refractivity contribution in [2.75, 3.05) is 19.6 Å². The number of hydrogen-bond acceptors (Lipinski definition) is 2. The summed E-state index contributed by atoms with van der Waals surface area (Å²) in [5, 5.41) is 0. The van der Waals surface area contributed by atoms with E-state index >= 15 is 0 Å². The molecule has 2 aliphatic heterocycles. The Hall–Kier alpha value is -0.860. The Labute approximate surface area is 124 Å². The van der Waals surface area contributed by atoms with Crippen LogP contribution in [0.5, 0.6) is 0 Å². The van der Waals surface area contributed by atoms with Crippen LogP contribution in [0.3, 0.4) is 0 Å². The fourth-order valence-corrected chi connectivity index (χ4v) is 3.65. The first-order chi connectivity index (χ1) is 9.69. The van der Waals surface area contributed by atoms with Gasteiger partial charge in [0, 0.05) is 19.1 Å². The van der Waals surface area contributed by atoms with Crippen molar-refractivity contribution in [2.24, 2.45) is 0 Å². The summed E-state index contributed by atoms with van der Waals surface area (Å²) in [5.41, 5.74) is 2.59. The standard InChI is InChI=1S/C18H30N2/c1-5-9-17(10-6-2)15(3)16(4)20-14-8-13-19-12-7-11-18(19)20/h5,9-10,16,18H,3,6-8,11-14H2,1-2,4H3/b9-5-,17-10+. The second-order valence-corrected chi connectivity index (χ2v) is 6.02. The maximum Gasteiger partial charge on any atom is 0.0628 e. The van der Waals surface area contributed by atoms with Crippen LogP contribution in [0.1, 0.15) is 46.5 Å². The highest BCUT2D eigenvalue weighted by molar-refractivity contribution is 5.40. The summed E-state index contributed by atoms with van der Waals surface area (Å²) in [4.78, 5) is 5.33. The molecule has 0 N–H and O–H groups in total. The van der Waals surface area contributed by atoms with Gasteiger partial charge in [-0.2, -0.15) is 0 Å². The van der Waals surface area contributed by atoms with Crippen molar-refractivity contribution in [3.05, 3.63) is 36.0 Å². The highest BCUT2D eigenvalue weighted by Gasteiger charge is 2.35. The molecular weight excluding hydrogens is 244 g/mol. The third-order valence-corrected chi connectivity index (χ3v) is 4.72. The van der Waals surface area contributed by atoms with Crippen LogP contribution in [-0.4, -0.2) is 41.6 Å². The van der Waals surface area contributed by atoms with E-state index in [0.29, 0.717) is 12.2 Å². The minimum absolute atomic E-state index is 0.440. The quantitative estimate of drug-likeness (QED) is 0.700. The van der Waals surface area contributed by atoms with Gasteiger partial charge in [0.2, 0.25) is 0 Å². The molecule has 0 aliphatic carbocycles. The van der Waals surface area contributed by atoms with Gasteiger partial charge in [0.1, 0.15) is 0 Å². The fourth-order valence-electron chi connectivity index (χ4n) is 3.65. The number of allylic oxidation sites excluding steroid dienone is 3. The van der Waals surface area contributed by atoms with E-state index < -0.39 is 0 Å². The molecule has 0 amide bonds. The average molecular weight is 274 g/mol. The Bertz CT molecular complexity index is 394. The normalized spacial score (nSPS) is 26.9. The number of rotatable bonds is 5. The molecule has 0 radical (unpaired) electrons. The minimum atomic E-state index is 0.440. The van der Waals surface area contributed by atoms with E-state index in [-0.39, 0.29) is 0 Å². The molecule has 0 aromatic rings. The van der Waals surface area contributed by atoms with Crippen molar-refractivity contribution >= 4 is 0 Å². The van der Waals surface area contributed by atoms with E-state index in [1.807, 2.05) is 0 Å². The van der Waals surface area contributed by atoms with Gasteiger partial charge in [-0.15, -0.1) is 0 Å². The Balaban J connectivity index is 2.10. The monoisotopic (exact) mass is 274 g/mol. The third kappa shape index (κ3) is 3.24. The largest absolute Gasteiger partial charge is 0.288 e. The van der Waals surface area contributed by atoms with Gasteiger partial charge in [0.05, 0.1) is 6.17 Å². The van der Waals surface area contributed by atoms with Crippen LogP contribution < -0.4 is 0 Å². The van der Waals surface area contributed by atoms with E-state index in [1.165, 1.54) is 50.0 Å². The average Bonchev–Trinajstić information content (AvgIpc) is 2.93. The summed E-state index contributed by atoms with van der Waals surface area (Å²) in [6.07, 6.45) is 12.3. The van der Waals surface area contributed by atoms with Crippen molar-refractivity contribution in [1.29, 1.82) is 0 Å². The lowest BCUT2D eigenvalue weighted by Gasteiger charge is -2.44. The highest BCUT2D eigenvalue weighted by atomic mass is 15.4. The van der Waals surface area contributed by atoms with E-state index in [1.54, 1.807) is 0 Å². The zero-order chi connectivity index (χ0) is 14.5. The molecule has 2 heterocycles. The molecule has 112 valence electrons. The van der Waals surface area contributed by atoms with E-state index in [0.717, 1.165) is 6.42 Å². The van der Waals surface area contributed by atoms with Crippen LogP contribution in [0.25, 0.3) is 0 Å². The molecule has 0 spiro atoms. The maximum absolute atomic E-state index is 4.40. The molecule has 2 rings (SSSR count). The van der Waals surface area contributed by atoms with Crippen LogP contribution >= 0.6 is 0 Å². The molecule has 0 aromatic heterocycles. The lowest BCUT2D eigenvalue weighted by atomic mass is 9.97. The van der Waals surface area contributed by atoms with Crippen molar-refractivity contribution < 1.29 is 0 Å². The van der Waals surface area contributed by atoms with Crippen LogP contribution in [-0.2, 0) is 0 Å². The van der Waals surface area contributed by atoms with E-state index in [2.05, 4.69) is 55.4 Å². The van der Waals surface area contributed by atoms with Gasteiger partial charge in [0.15, 0.2) is 0 Å². The van der Waals surface area contributed by atoms with Crippen LogP contribution in [0, 0.1) is 0 Å². The van der Waals surface area contributed by atoms with Gasteiger partial charge in [-0.3, -0.25) is 9.80 Å².